The molecule has 120 valence electrons. The van der Waals surface area contributed by atoms with Crippen molar-refractivity contribution in [2.75, 3.05) is 4.90 Å². The number of carbonyl (C=O) groups excluding carboxylic acids is 1. The molecule has 3 rings (SSSR count). The molecule has 7 nitrogen and oxygen atoms in total. The van der Waals surface area contributed by atoms with E-state index in [0.29, 0.717) is 16.0 Å². The third-order valence-corrected chi connectivity index (χ3v) is 4.40. The van der Waals surface area contributed by atoms with Crippen molar-refractivity contribution in [3.05, 3.63) is 35.7 Å². The van der Waals surface area contributed by atoms with Gasteiger partial charge < -0.3 is 10.8 Å². The molecule has 0 aliphatic carbocycles. The number of rotatable bonds is 2. The topological polar surface area (TPSA) is 97.3 Å². The van der Waals surface area contributed by atoms with Crippen LogP contribution in [0.15, 0.2) is 46.0 Å². The molecule has 1 aliphatic rings. The van der Waals surface area contributed by atoms with Gasteiger partial charge in [0.05, 0.1) is 5.69 Å². The van der Waals surface area contributed by atoms with Crippen molar-refractivity contribution in [3.63, 3.8) is 0 Å². The van der Waals surface area contributed by atoms with E-state index in [0.717, 1.165) is 5.69 Å². The lowest BCUT2D eigenvalue weighted by Gasteiger charge is -2.32. The van der Waals surface area contributed by atoms with Crippen LogP contribution >= 0.6 is 25.3 Å². The molecule has 1 aliphatic heterocycles. The molecule has 9 heteroatoms. The van der Waals surface area contributed by atoms with E-state index in [1.807, 2.05) is 0 Å². The molecule has 0 atom stereocenters. The van der Waals surface area contributed by atoms with Gasteiger partial charge in [0.15, 0.2) is 10.3 Å². The predicted molar refractivity (Wildman–Crippen MR) is 91.3 cm³/mol. The van der Waals surface area contributed by atoms with Gasteiger partial charge in [-0.1, -0.05) is 0 Å². The number of thiol groups is 2. The Morgan fingerprint density at radius 2 is 1.57 bits per heavy atom. The van der Waals surface area contributed by atoms with Gasteiger partial charge >= 0.3 is 0 Å². The second-order valence-electron chi connectivity index (χ2n) is 5.61. The van der Waals surface area contributed by atoms with E-state index in [1.54, 1.807) is 42.7 Å². The molecule has 0 bridgehead atoms. The average molecular weight is 349 g/mol. The van der Waals surface area contributed by atoms with Crippen molar-refractivity contribution < 1.29 is 9.90 Å². The molecule has 0 saturated carbocycles. The van der Waals surface area contributed by atoms with Gasteiger partial charge in [-0.2, -0.15) is 0 Å². The number of amides is 1. The van der Waals surface area contributed by atoms with Gasteiger partial charge in [-0.25, -0.2) is 0 Å². The number of carbonyl (C=O) groups is 1. The lowest BCUT2D eigenvalue weighted by molar-refractivity contribution is -0.115. The SMILES string of the molecule is CC1(C)C(O)=C(N)C(=O)N1c1ccc(-n2c(S)nnc2S)cc1. The summed E-state index contributed by atoms with van der Waals surface area (Å²) in [5.74, 6) is -0.546. The number of aliphatic hydroxyl groups excluding tert-OH is 1. The number of benzene rings is 1. The van der Waals surface area contributed by atoms with Crippen LogP contribution in [0.4, 0.5) is 5.69 Å². The van der Waals surface area contributed by atoms with E-state index < -0.39 is 11.4 Å². The molecule has 0 fully saturated rings. The van der Waals surface area contributed by atoms with Gasteiger partial charge in [-0.05, 0) is 38.1 Å². The average Bonchev–Trinajstić information content (AvgIpc) is 2.91. The first-order valence-corrected chi connectivity index (χ1v) is 7.62. The minimum absolute atomic E-state index is 0.124. The molecule has 1 aromatic heterocycles. The van der Waals surface area contributed by atoms with E-state index in [2.05, 4.69) is 35.5 Å². The van der Waals surface area contributed by atoms with Crippen LogP contribution in [0, 0.1) is 0 Å². The lowest BCUT2D eigenvalue weighted by Crippen LogP contribution is -2.44. The maximum absolute atomic E-state index is 12.3. The highest BCUT2D eigenvalue weighted by Gasteiger charge is 2.45. The number of nitrogens with zero attached hydrogens (tertiary/aromatic N) is 4. The van der Waals surface area contributed by atoms with Gasteiger partial charge in [0.2, 0.25) is 0 Å². The van der Waals surface area contributed by atoms with Crippen molar-refractivity contribution in [2.24, 2.45) is 5.73 Å². The maximum Gasteiger partial charge on any atom is 0.278 e. The number of aromatic nitrogens is 3. The molecule has 2 heterocycles. The van der Waals surface area contributed by atoms with Crippen molar-refractivity contribution in [1.82, 2.24) is 14.8 Å². The normalized spacial score (nSPS) is 17.2. The molecule has 1 aromatic carbocycles. The summed E-state index contributed by atoms with van der Waals surface area (Å²) < 4.78 is 1.65. The summed E-state index contributed by atoms with van der Waals surface area (Å²) in [6, 6.07) is 7.07. The molecule has 1 amide bonds. The van der Waals surface area contributed by atoms with Crippen LogP contribution in [0.1, 0.15) is 13.8 Å². The Bertz CT molecular complexity index is 807. The summed E-state index contributed by atoms with van der Waals surface area (Å²) in [4.78, 5) is 13.7. The van der Waals surface area contributed by atoms with E-state index in [9.17, 15) is 9.90 Å². The molecular weight excluding hydrogens is 334 g/mol. The van der Waals surface area contributed by atoms with E-state index >= 15 is 0 Å². The number of anilines is 1. The molecule has 0 spiro atoms. The first-order valence-electron chi connectivity index (χ1n) is 6.72. The number of hydrogen-bond donors (Lipinski definition) is 4. The maximum atomic E-state index is 12.3. The third kappa shape index (κ3) is 2.27. The second kappa shape index (κ2) is 5.20. The predicted octanol–water partition coefficient (Wildman–Crippen LogP) is 1.70. The molecule has 2 aromatic rings. The van der Waals surface area contributed by atoms with Crippen molar-refractivity contribution in [2.45, 2.75) is 29.7 Å². The lowest BCUT2D eigenvalue weighted by atomic mass is 10.0. The van der Waals surface area contributed by atoms with Crippen LogP contribution in [0.2, 0.25) is 0 Å². The van der Waals surface area contributed by atoms with Gasteiger partial charge in [0.1, 0.15) is 17.0 Å². The Kier molecular flexibility index (Phi) is 3.56. The Morgan fingerprint density at radius 1 is 1.09 bits per heavy atom. The van der Waals surface area contributed by atoms with Crippen LogP contribution in [0.25, 0.3) is 5.69 Å². The largest absolute Gasteiger partial charge is 0.507 e. The van der Waals surface area contributed by atoms with Gasteiger partial charge in [0.25, 0.3) is 5.91 Å². The van der Waals surface area contributed by atoms with E-state index in [4.69, 9.17) is 5.73 Å². The smallest absolute Gasteiger partial charge is 0.278 e. The summed E-state index contributed by atoms with van der Waals surface area (Å²) >= 11 is 8.46. The van der Waals surface area contributed by atoms with Gasteiger partial charge in [-0.15, -0.1) is 35.5 Å². The quantitative estimate of drug-likeness (QED) is 0.619. The fraction of sp³-hybridized carbons (Fsp3) is 0.214. The first-order chi connectivity index (χ1) is 10.7. The molecule has 0 unspecified atom stereocenters. The first kappa shape index (κ1) is 15.8. The number of hydrogen-bond acceptors (Lipinski definition) is 7. The molecule has 0 radical (unpaired) electrons. The van der Waals surface area contributed by atoms with Gasteiger partial charge in [0, 0.05) is 5.69 Å². The highest BCUT2D eigenvalue weighted by atomic mass is 32.1. The number of aliphatic hydroxyl groups is 1. The molecule has 3 N–H and O–H groups in total. The summed E-state index contributed by atoms with van der Waals surface area (Å²) in [7, 11) is 0. The minimum atomic E-state index is -0.900. The van der Waals surface area contributed by atoms with E-state index in [1.165, 1.54) is 4.90 Å². The highest BCUT2D eigenvalue weighted by molar-refractivity contribution is 7.80. The van der Waals surface area contributed by atoms with Crippen molar-refractivity contribution in [3.8, 4) is 5.69 Å². The second-order valence-corrected chi connectivity index (χ2v) is 6.41. The zero-order valence-corrected chi connectivity index (χ0v) is 14.2. The summed E-state index contributed by atoms with van der Waals surface area (Å²) in [6.45, 7) is 3.46. The third-order valence-electron chi connectivity index (χ3n) is 3.82. The fourth-order valence-corrected chi connectivity index (χ4v) is 3.19. The zero-order valence-electron chi connectivity index (χ0n) is 12.4. The molecular formula is C14H15N5O2S2. The fourth-order valence-electron chi connectivity index (χ4n) is 2.60. The Balaban J connectivity index is 2.00. The van der Waals surface area contributed by atoms with Crippen LogP contribution in [0.5, 0.6) is 0 Å². The van der Waals surface area contributed by atoms with E-state index in [-0.39, 0.29) is 11.5 Å². The minimum Gasteiger partial charge on any atom is -0.507 e. The Morgan fingerprint density at radius 3 is 2.00 bits per heavy atom. The summed E-state index contributed by atoms with van der Waals surface area (Å²) in [5.41, 5.74) is 6.01. The molecule has 23 heavy (non-hydrogen) atoms. The highest BCUT2D eigenvalue weighted by Crippen LogP contribution is 2.36. The van der Waals surface area contributed by atoms with Crippen LogP contribution < -0.4 is 10.6 Å². The monoisotopic (exact) mass is 349 g/mol. The Hall–Kier alpha value is -2.13. The summed E-state index contributed by atoms with van der Waals surface area (Å²) in [6.07, 6.45) is 0. The van der Waals surface area contributed by atoms with Gasteiger partial charge in [-0.3, -0.25) is 14.3 Å². The van der Waals surface area contributed by atoms with Crippen LogP contribution in [-0.2, 0) is 4.79 Å². The van der Waals surface area contributed by atoms with Crippen molar-refractivity contribution >= 4 is 36.9 Å². The van der Waals surface area contributed by atoms with Crippen molar-refractivity contribution in [1.29, 1.82) is 0 Å². The Labute approximate surface area is 143 Å². The van der Waals surface area contributed by atoms with Crippen LogP contribution in [-0.4, -0.2) is 31.3 Å². The standard InChI is InChI=1S/C14H15N5O2S2/c1-14(2)10(20)9(15)11(21)19(14)8-5-3-7(4-6-8)18-12(22)16-17-13(18)23/h3-6,20H,15H2,1-2H3,(H,16,22)(H,17,23). The van der Waals surface area contributed by atoms with Crippen LogP contribution in [0.3, 0.4) is 0 Å². The number of nitrogens with two attached hydrogens (primary N) is 1. The molecule has 0 saturated heterocycles. The summed E-state index contributed by atoms with van der Waals surface area (Å²) in [5, 5.41) is 18.5. The zero-order chi connectivity index (χ0) is 16.9.